The Hall–Kier alpha value is -4.28. The van der Waals surface area contributed by atoms with Crippen LogP contribution in [0.4, 0.5) is 0 Å². The highest BCUT2D eigenvalue weighted by Gasteiger charge is 2.14. The predicted molar refractivity (Wildman–Crippen MR) is 150 cm³/mol. The lowest BCUT2D eigenvalue weighted by atomic mass is 9.96. The molecular formula is C28H26N4O4S2. The molecule has 0 spiro atoms. The van der Waals surface area contributed by atoms with Crippen molar-refractivity contribution < 1.29 is 16.8 Å². The zero-order valence-corrected chi connectivity index (χ0v) is 22.4. The highest BCUT2D eigenvalue weighted by Crippen LogP contribution is 2.25. The number of sulfonamides is 2. The standard InChI is InChI=1S/C28H26N4O4S2/c1-21-11-15-25(16-12-21)37(33,34)31-29-19-23-7-3-5-9-27(23)28-10-6-4-8-24(28)20-30-32-38(35,36)26-17-13-22(2)14-18-26/h3-20,31-32H,1-2H3/b29-19+,30-20+. The van der Waals surface area contributed by atoms with Crippen LogP contribution < -0.4 is 9.66 Å². The number of hydrogen-bond donors (Lipinski definition) is 2. The van der Waals surface area contributed by atoms with Crippen molar-refractivity contribution in [3.05, 3.63) is 119 Å². The van der Waals surface area contributed by atoms with E-state index in [9.17, 15) is 16.8 Å². The van der Waals surface area contributed by atoms with E-state index in [2.05, 4.69) is 19.9 Å². The maximum atomic E-state index is 12.6. The first-order valence-electron chi connectivity index (χ1n) is 11.6. The van der Waals surface area contributed by atoms with Crippen molar-refractivity contribution >= 4 is 32.5 Å². The summed E-state index contributed by atoms with van der Waals surface area (Å²) in [5.74, 6) is 0. The summed E-state index contributed by atoms with van der Waals surface area (Å²) in [6, 6.07) is 27.6. The molecule has 4 aromatic rings. The van der Waals surface area contributed by atoms with Crippen molar-refractivity contribution in [2.45, 2.75) is 23.6 Å². The number of hydrogen-bond acceptors (Lipinski definition) is 6. The van der Waals surface area contributed by atoms with Gasteiger partial charge in [-0.3, -0.25) is 0 Å². The Labute approximate surface area is 222 Å². The molecule has 4 aromatic carbocycles. The van der Waals surface area contributed by atoms with Crippen LogP contribution in [-0.4, -0.2) is 29.3 Å². The third-order valence-corrected chi connectivity index (χ3v) is 8.10. The fourth-order valence-electron chi connectivity index (χ4n) is 3.58. The van der Waals surface area contributed by atoms with Crippen molar-refractivity contribution in [3.63, 3.8) is 0 Å². The van der Waals surface area contributed by atoms with Gasteiger partial charge in [-0.25, -0.2) is 9.66 Å². The number of rotatable bonds is 9. The molecule has 0 aliphatic carbocycles. The topological polar surface area (TPSA) is 117 Å². The average Bonchev–Trinajstić information content (AvgIpc) is 2.90. The molecule has 38 heavy (non-hydrogen) atoms. The summed E-state index contributed by atoms with van der Waals surface area (Å²) in [6.45, 7) is 3.75. The molecule has 0 aliphatic heterocycles. The largest absolute Gasteiger partial charge is 0.276 e. The molecule has 0 amide bonds. The summed E-state index contributed by atoms with van der Waals surface area (Å²) in [5.41, 5.74) is 4.72. The molecule has 0 saturated carbocycles. The average molecular weight is 547 g/mol. The molecule has 10 heteroatoms. The van der Waals surface area contributed by atoms with E-state index in [1.165, 1.54) is 36.7 Å². The van der Waals surface area contributed by atoms with Gasteiger partial charge in [0.15, 0.2) is 0 Å². The number of benzene rings is 4. The Kier molecular flexibility index (Phi) is 8.04. The Morgan fingerprint density at radius 2 is 0.868 bits per heavy atom. The Morgan fingerprint density at radius 1 is 0.526 bits per heavy atom. The molecule has 194 valence electrons. The van der Waals surface area contributed by atoms with E-state index in [0.29, 0.717) is 11.1 Å². The van der Waals surface area contributed by atoms with E-state index in [0.717, 1.165) is 22.3 Å². The molecule has 0 bridgehead atoms. The van der Waals surface area contributed by atoms with Gasteiger partial charge in [-0.05, 0) is 49.2 Å². The van der Waals surface area contributed by atoms with Gasteiger partial charge in [-0.2, -0.15) is 27.0 Å². The molecular weight excluding hydrogens is 520 g/mol. The molecule has 0 saturated heterocycles. The zero-order valence-electron chi connectivity index (χ0n) is 20.7. The maximum Gasteiger partial charge on any atom is 0.276 e. The summed E-state index contributed by atoms with van der Waals surface area (Å²) in [5, 5.41) is 7.95. The lowest BCUT2D eigenvalue weighted by Crippen LogP contribution is -2.18. The fraction of sp³-hybridized carbons (Fsp3) is 0.0714. The van der Waals surface area contributed by atoms with Crippen molar-refractivity contribution in [3.8, 4) is 11.1 Å². The van der Waals surface area contributed by atoms with Gasteiger partial charge < -0.3 is 0 Å². The third-order valence-electron chi connectivity index (χ3n) is 5.63. The first-order valence-corrected chi connectivity index (χ1v) is 14.5. The summed E-state index contributed by atoms with van der Waals surface area (Å²) in [7, 11) is -7.64. The quantitative estimate of drug-likeness (QED) is 0.236. The molecule has 4 rings (SSSR count). The first kappa shape index (κ1) is 26.8. The van der Waals surface area contributed by atoms with E-state index < -0.39 is 20.0 Å². The van der Waals surface area contributed by atoms with Crippen LogP contribution in [0.25, 0.3) is 11.1 Å². The highest BCUT2D eigenvalue weighted by atomic mass is 32.2. The third kappa shape index (κ3) is 6.53. The van der Waals surface area contributed by atoms with Crippen LogP contribution in [-0.2, 0) is 20.0 Å². The lowest BCUT2D eigenvalue weighted by molar-refractivity contribution is 0.583. The van der Waals surface area contributed by atoms with Crippen molar-refractivity contribution in [2.24, 2.45) is 10.2 Å². The van der Waals surface area contributed by atoms with E-state index >= 15 is 0 Å². The molecule has 0 unspecified atom stereocenters. The minimum Gasteiger partial charge on any atom is -0.200 e. The Morgan fingerprint density at radius 3 is 1.24 bits per heavy atom. The van der Waals surface area contributed by atoms with Gasteiger partial charge in [0.1, 0.15) is 0 Å². The summed E-state index contributed by atoms with van der Waals surface area (Å²) < 4.78 is 50.3. The van der Waals surface area contributed by atoms with Gasteiger partial charge in [-0.15, -0.1) is 0 Å². The lowest BCUT2D eigenvalue weighted by Gasteiger charge is -2.10. The number of aryl methyl sites for hydroxylation is 2. The van der Waals surface area contributed by atoms with E-state index in [1.807, 2.05) is 50.2 Å². The molecule has 2 N–H and O–H groups in total. The van der Waals surface area contributed by atoms with Gasteiger partial charge in [-0.1, -0.05) is 83.9 Å². The molecule has 0 heterocycles. The minimum atomic E-state index is -3.82. The van der Waals surface area contributed by atoms with Gasteiger partial charge >= 0.3 is 0 Å². The zero-order chi connectivity index (χ0) is 27.2. The molecule has 0 fully saturated rings. The predicted octanol–water partition coefficient (Wildman–Crippen LogP) is 4.60. The maximum absolute atomic E-state index is 12.6. The monoisotopic (exact) mass is 546 g/mol. The Bertz CT molecular complexity index is 1570. The van der Waals surface area contributed by atoms with Gasteiger partial charge in [0, 0.05) is 11.1 Å². The summed E-state index contributed by atoms with van der Waals surface area (Å²) in [4.78, 5) is 4.72. The molecule has 0 radical (unpaired) electrons. The molecule has 0 atom stereocenters. The number of nitrogens with zero attached hydrogens (tertiary/aromatic N) is 2. The van der Waals surface area contributed by atoms with Gasteiger partial charge in [0.05, 0.1) is 22.2 Å². The van der Waals surface area contributed by atoms with Crippen LogP contribution in [0.2, 0.25) is 0 Å². The molecule has 0 aliphatic rings. The molecule has 8 nitrogen and oxygen atoms in total. The van der Waals surface area contributed by atoms with Crippen molar-refractivity contribution in [2.75, 3.05) is 0 Å². The van der Waals surface area contributed by atoms with Crippen LogP contribution in [0.1, 0.15) is 22.3 Å². The minimum absolute atomic E-state index is 0.114. The SMILES string of the molecule is Cc1ccc(S(=O)(=O)N/N=C/c2ccccc2-c2ccccc2/C=N/NS(=O)(=O)c2ccc(C)cc2)cc1. The second kappa shape index (κ2) is 11.4. The molecule has 0 aromatic heterocycles. The van der Waals surface area contributed by atoms with Gasteiger partial charge in [0.25, 0.3) is 20.0 Å². The van der Waals surface area contributed by atoms with Gasteiger partial charge in [0.2, 0.25) is 0 Å². The normalized spacial score (nSPS) is 12.2. The van der Waals surface area contributed by atoms with Crippen LogP contribution in [0, 0.1) is 13.8 Å². The number of nitrogens with one attached hydrogen (secondary N) is 2. The van der Waals surface area contributed by atoms with Crippen molar-refractivity contribution in [1.82, 2.24) is 9.66 Å². The van der Waals surface area contributed by atoms with E-state index in [-0.39, 0.29) is 9.79 Å². The van der Waals surface area contributed by atoms with Crippen molar-refractivity contribution in [1.29, 1.82) is 0 Å². The van der Waals surface area contributed by atoms with E-state index in [1.54, 1.807) is 36.4 Å². The smallest absolute Gasteiger partial charge is 0.200 e. The first-order chi connectivity index (χ1) is 18.2. The Balaban J connectivity index is 1.56. The fourth-order valence-corrected chi connectivity index (χ4v) is 5.16. The second-order valence-electron chi connectivity index (χ2n) is 8.51. The summed E-state index contributed by atoms with van der Waals surface area (Å²) in [6.07, 6.45) is 2.85. The van der Waals surface area contributed by atoms with Crippen LogP contribution >= 0.6 is 0 Å². The summed E-state index contributed by atoms with van der Waals surface area (Å²) >= 11 is 0. The highest BCUT2D eigenvalue weighted by molar-refractivity contribution is 7.89. The second-order valence-corrected chi connectivity index (χ2v) is 11.8. The van der Waals surface area contributed by atoms with Crippen LogP contribution in [0.5, 0.6) is 0 Å². The number of hydrazone groups is 2. The van der Waals surface area contributed by atoms with Crippen LogP contribution in [0.15, 0.2) is 117 Å². The van der Waals surface area contributed by atoms with E-state index in [4.69, 9.17) is 0 Å². The van der Waals surface area contributed by atoms with Crippen LogP contribution in [0.3, 0.4) is 0 Å².